The number of pyridine rings is 1. The van der Waals surface area contributed by atoms with Gasteiger partial charge in [-0.2, -0.15) is 0 Å². The topological polar surface area (TPSA) is 52.2 Å². The van der Waals surface area contributed by atoms with Crippen molar-refractivity contribution in [3.63, 3.8) is 0 Å². The molecule has 0 N–H and O–H groups in total. The Morgan fingerprint density at radius 3 is 2.60 bits per heavy atom. The van der Waals surface area contributed by atoms with E-state index in [9.17, 15) is 4.79 Å². The first kappa shape index (κ1) is 21.8. The summed E-state index contributed by atoms with van der Waals surface area (Å²) in [5.74, 6) is 0.611. The van der Waals surface area contributed by atoms with E-state index in [2.05, 4.69) is 30.3 Å². The van der Waals surface area contributed by atoms with Gasteiger partial charge in [0.05, 0.1) is 16.9 Å². The van der Waals surface area contributed by atoms with E-state index in [1.807, 2.05) is 73.1 Å². The minimum atomic E-state index is -0.0339. The fourth-order valence-electron chi connectivity index (χ4n) is 4.17. The van der Waals surface area contributed by atoms with E-state index in [1.54, 1.807) is 4.57 Å². The van der Waals surface area contributed by atoms with E-state index < -0.39 is 0 Å². The van der Waals surface area contributed by atoms with Gasteiger partial charge in [0, 0.05) is 23.0 Å². The van der Waals surface area contributed by atoms with Crippen molar-refractivity contribution in [2.24, 2.45) is 0 Å². The zero-order chi connectivity index (χ0) is 23.9. The van der Waals surface area contributed by atoms with Crippen molar-refractivity contribution in [2.75, 3.05) is 0 Å². The van der Waals surface area contributed by atoms with Crippen LogP contribution in [-0.2, 0) is 5.75 Å². The highest BCUT2D eigenvalue weighted by atomic mass is 32.2. The fraction of sp³-hybridized carbons (Fsp3) is 0.107. The summed E-state index contributed by atoms with van der Waals surface area (Å²) in [6.07, 6.45) is 4.02. The van der Waals surface area contributed by atoms with Gasteiger partial charge < -0.3 is 4.40 Å². The summed E-state index contributed by atoms with van der Waals surface area (Å²) >= 11 is 3.04. The second-order valence-corrected chi connectivity index (χ2v) is 10.5. The van der Waals surface area contributed by atoms with Crippen LogP contribution in [0.2, 0.25) is 0 Å². The summed E-state index contributed by atoms with van der Waals surface area (Å²) in [6, 6.07) is 24.3. The number of thioether (sulfide) groups is 1. The number of hydrogen-bond donors (Lipinski definition) is 0. The lowest BCUT2D eigenvalue weighted by Gasteiger charge is -2.14. The largest absolute Gasteiger partial charge is 0.307 e. The van der Waals surface area contributed by atoms with E-state index in [-0.39, 0.29) is 5.56 Å². The van der Waals surface area contributed by atoms with E-state index >= 15 is 0 Å². The van der Waals surface area contributed by atoms with Crippen molar-refractivity contribution >= 4 is 39.0 Å². The first-order valence-electron chi connectivity index (χ1n) is 11.3. The average Bonchev–Trinajstić information content (AvgIpc) is 3.49. The Hall–Kier alpha value is -3.68. The lowest BCUT2D eigenvalue weighted by molar-refractivity contribution is 0.815. The van der Waals surface area contributed by atoms with Gasteiger partial charge in [0.15, 0.2) is 5.16 Å². The zero-order valence-electron chi connectivity index (χ0n) is 19.3. The number of imidazole rings is 1. The number of aryl methyl sites for hydroxylation is 2. The maximum Gasteiger partial charge on any atom is 0.276 e. The quantitative estimate of drug-likeness (QED) is 0.198. The van der Waals surface area contributed by atoms with Crippen LogP contribution >= 0.6 is 23.1 Å². The molecule has 4 aromatic heterocycles. The van der Waals surface area contributed by atoms with Crippen molar-refractivity contribution in [1.82, 2.24) is 18.9 Å². The molecule has 4 heterocycles. The number of fused-ring (bicyclic) bond motifs is 2. The first-order chi connectivity index (χ1) is 17.1. The molecule has 0 aliphatic carbocycles. The Balaban J connectivity index is 1.50. The normalized spacial score (nSPS) is 11.5. The summed E-state index contributed by atoms with van der Waals surface area (Å²) in [6.45, 7) is 4.08. The standard InChI is InChI=1S/C28H22N4OS2/c1-18-11-12-19(2)23(14-18)32-27(33)26-22(15-24(35-26)20-8-4-3-5-9-20)30-28(32)34-17-21-16-31-13-7-6-10-25(31)29-21/h3-16H,17H2,1-2H3. The summed E-state index contributed by atoms with van der Waals surface area (Å²) in [5, 5.41) is 0.672. The Labute approximate surface area is 210 Å². The second kappa shape index (κ2) is 8.83. The monoisotopic (exact) mass is 494 g/mol. The molecule has 0 saturated heterocycles. The van der Waals surface area contributed by atoms with Crippen LogP contribution < -0.4 is 5.56 Å². The lowest BCUT2D eigenvalue weighted by Crippen LogP contribution is -2.21. The van der Waals surface area contributed by atoms with E-state index in [4.69, 9.17) is 9.97 Å². The van der Waals surface area contributed by atoms with E-state index in [0.717, 1.165) is 44.1 Å². The molecule has 6 rings (SSSR count). The Kier molecular flexibility index (Phi) is 5.51. The molecule has 0 saturated carbocycles. The minimum Gasteiger partial charge on any atom is -0.307 e. The van der Waals surface area contributed by atoms with Gasteiger partial charge in [0.2, 0.25) is 0 Å². The third-order valence-corrected chi connectivity index (χ3v) is 8.08. The molecule has 5 nitrogen and oxygen atoms in total. The summed E-state index contributed by atoms with van der Waals surface area (Å²) in [7, 11) is 0. The van der Waals surface area contributed by atoms with Crippen molar-refractivity contribution < 1.29 is 0 Å². The van der Waals surface area contributed by atoms with Gasteiger partial charge in [-0.1, -0.05) is 60.3 Å². The van der Waals surface area contributed by atoms with E-state index in [0.29, 0.717) is 15.6 Å². The summed E-state index contributed by atoms with van der Waals surface area (Å²) in [4.78, 5) is 24.7. The Morgan fingerprint density at radius 1 is 0.943 bits per heavy atom. The number of thiophene rings is 1. The molecular formula is C28H22N4OS2. The predicted octanol–water partition coefficient (Wildman–Crippen LogP) is 6.67. The molecule has 172 valence electrons. The third-order valence-electron chi connectivity index (χ3n) is 5.94. The van der Waals surface area contributed by atoms with Gasteiger partial charge in [-0.25, -0.2) is 9.97 Å². The number of benzene rings is 2. The molecule has 0 radical (unpaired) electrons. The second-order valence-electron chi connectivity index (χ2n) is 8.50. The maximum atomic E-state index is 13.9. The van der Waals surface area contributed by atoms with Crippen LogP contribution in [0.15, 0.2) is 95.1 Å². The zero-order valence-corrected chi connectivity index (χ0v) is 20.9. The fourth-order valence-corrected chi connectivity index (χ4v) is 6.09. The molecule has 35 heavy (non-hydrogen) atoms. The smallest absolute Gasteiger partial charge is 0.276 e. The highest BCUT2D eigenvalue weighted by molar-refractivity contribution is 7.98. The van der Waals surface area contributed by atoms with Crippen LogP contribution in [-0.4, -0.2) is 18.9 Å². The van der Waals surface area contributed by atoms with Crippen LogP contribution in [0.25, 0.3) is 32.0 Å². The average molecular weight is 495 g/mol. The van der Waals surface area contributed by atoms with E-state index in [1.165, 1.54) is 23.1 Å². The maximum absolute atomic E-state index is 13.9. The highest BCUT2D eigenvalue weighted by Gasteiger charge is 2.18. The Morgan fingerprint density at radius 2 is 1.77 bits per heavy atom. The van der Waals surface area contributed by atoms with Crippen LogP contribution in [0.5, 0.6) is 0 Å². The van der Waals surface area contributed by atoms with Crippen molar-refractivity contribution in [3.05, 3.63) is 112 Å². The number of nitrogens with zero attached hydrogens (tertiary/aromatic N) is 4. The van der Waals surface area contributed by atoms with Crippen molar-refractivity contribution in [3.8, 4) is 16.1 Å². The van der Waals surface area contributed by atoms with Gasteiger partial charge in [0.25, 0.3) is 5.56 Å². The van der Waals surface area contributed by atoms with Crippen LogP contribution in [0.4, 0.5) is 0 Å². The Bertz CT molecular complexity index is 1720. The molecular weight excluding hydrogens is 472 g/mol. The molecule has 0 amide bonds. The van der Waals surface area contributed by atoms with Crippen molar-refractivity contribution in [2.45, 2.75) is 24.8 Å². The lowest BCUT2D eigenvalue weighted by atomic mass is 10.1. The van der Waals surface area contributed by atoms with Crippen LogP contribution in [0, 0.1) is 13.8 Å². The number of rotatable bonds is 5. The molecule has 0 aliphatic heterocycles. The van der Waals surface area contributed by atoms with Gasteiger partial charge in [-0.15, -0.1) is 11.3 Å². The predicted molar refractivity (Wildman–Crippen MR) is 145 cm³/mol. The minimum absolute atomic E-state index is 0.0339. The molecule has 0 unspecified atom stereocenters. The highest BCUT2D eigenvalue weighted by Crippen LogP contribution is 2.33. The summed E-state index contributed by atoms with van der Waals surface area (Å²) < 4.78 is 4.45. The van der Waals surface area contributed by atoms with Crippen LogP contribution in [0.1, 0.15) is 16.8 Å². The SMILES string of the molecule is Cc1ccc(C)c(-n2c(SCc3cn4ccccc4n3)nc3cc(-c4ccccc4)sc3c2=O)c1. The van der Waals surface area contributed by atoms with Gasteiger partial charge in [-0.05, 0) is 54.8 Å². The molecule has 0 fully saturated rings. The van der Waals surface area contributed by atoms with Crippen molar-refractivity contribution in [1.29, 1.82) is 0 Å². The molecule has 0 bridgehead atoms. The van der Waals surface area contributed by atoms with Gasteiger partial charge in [0.1, 0.15) is 10.3 Å². The molecule has 0 atom stereocenters. The molecule has 0 aliphatic rings. The first-order valence-corrected chi connectivity index (χ1v) is 13.1. The molecule has 0 spiro atoms. The van der Waals surface area contributed by atoms with Gasteiger partial charge >= 0.3 is 0 Å². The number of hydrogen-bond acceptors (Lipinski definition) is 5. The van der Waals surface area contributed by atoms with Crippen LogP contribution in [0.3, 0.4) is 0 Å². The molecule has 6 aromatic rings. The number of aromatic nitrogens is 4. The molecule has 2 aromatic carbocycles. The molecule has 7 heteroatoms. The summed E-state index contributed by atoms with van der Waals surface area (Å²) in [5.41, 5.74) is 6.65. The van der Waals surface area contributed by atoms with Gasteiger partial charge in [-0.3, -0.25) is 9.36 Å². The third kappa shape index (κ3) is 4.07.